The molecule has 0 bridgehead atoms. The van der Waals surface area contributed by atoms with Gasteiger partial charge in [-0.3, -0.25) is 0 Å². The van der Waals surface area contributed by atoms with E-state index in [-0.39, 0.29) is 5.41 Å². The first kappa shape index (κ1) is 13.4. The molecule has 1 fully saturated rings. The van der Waals surface area contributed by atoms with E-state index in [1.165, 1.54) is 17.2 Å². The van der Waals surface area contributed by atoms with Crippen molar-refractivity contribution >= 4 is 23.1 Å². The van der Waals surface area contributed by atoms with E-state index in [2.05, 4.69) is 36.9 Å². The number of hydrogen-bond acceptors (Lipinski definition) is 4. The molecule has 0 spiro atoms. The monoisotopic (exact) mass is 264 g/mol. The van der Waals surface area contributed by atoms with E-state index in [4.69, 9.17) is 0 Å². The summed E-state index contributed by atoms with van der Waals surface area (Å²) in [7, 11) is 0. The summed E-state index contributed by atoms with van der Waals surface area (Å²) in [5.74, 6) is 2.36. The van der Waals surface area contributed by atoms with Crippen LogP contribution in [0.25, 0.3) is 0 Å². The van der Waals surface area contributed by atoms with E-state index in [0.717, 1.165) is 18.7 Å². The number of rotatable bonds is 2. The molecule has 4 heteroatoms. The highest BCUT2D eigenvalue weighted by atomic mass is 32.2. The molecule has 1 aliphatic rings. The number of nitrogens with zero attached hydrogens (tertiary/aromatic N) is 2. The fourth-order valence-corrected chi connectivity index (χ4v) is 3.13. The molecular formula is C14H20N2OS. The second-order valence-electron chi connectivity index (χ2n) is 5.64. The SMILES string of the molecule is CC(C)(C)c1cc(N2CCSCC2)ccc1N=O. The molecule has 1 saturated heterocycles. The van der Waals surface area contributed by atoms with Crippen LogP contribution in [0.2, 0.25) is 0 Å². The fraction of sp³-hybridized carbons (Fsp3) is 0.571. The maximum atomic E-state index is 10.9. The lowest BCUT2D eigenvalue weighted by molar-refractivity contribution is 0.591. The summed E-state index contributed by atoms with van der Waals surface area (Å²) in [6, 6.07) is 6.00. The summed E-state index contributed by atoms with van der Waals surface area (Å²) >= 11 is 2.00. The Hall–Kier alpha value is -1.03. The molecule has 3 nitrogen and oxygen atoms in total. The summed E-state index contributed by atoms with van der Waals surface area (Å²) in [4.78, 5) is 13.3. The average molecular weight is 264 g/mol. The molecular weight excluding hydrogens is 244 g/mol. The van der Waals surface area contributed by atoms with Gasteiger partial charge in [0.2, 0.25) is 0 Å². The number of hydrogen-bond donors (Lipinski definition) is 0. The van der Waals surface area contributed by atoms with Crippen molar-refractivity contribution in [3.63, 3.8) is 0 Å². The molecule has 0 aromatic heterocycles. The number of anilines is 1. The van der Waals surface area contributed by atoms with Gasteiger partial charge < -0.3 is 4.90 Å². The van der Waals surface area contributed by atoms with E-state index in [1.54, 1.807) is 0 Å². The van der Waals surface area contributed by atoms with E-state index in [0.29, 0.717) is 5.69 Å². The van der Waals surface area contributed by atoms with Crippen LogP contribution in [0.5, 0.6) is 0 Å². The maximum absolute atomic E-state index is 10.9. The predicted molar refractivity (Wildman–Crippen MR) is 80.1 cm³/mol. The molecule has 0 aliphatic carbocycles. The van der Waals surface area contributed by atoms with E-state index in [9.17, 15) is 4.91 Å². The summed E-state index contributed by atoms with van der Waals surface area (Å²) in [5, 5.41) is 3.15. The van der Waals surface area contributed by atoms with Crippen LogP contribution in [0.15, 0.2) is 23.4 Å². The molecule has 0 radical (unpaired) electrons. The normalized spacial score (nSPS) is 16.7. The van der Waals surface area contributed by atoms with Gasteiger partial charge in [0.25, 0.3) is 0 Å². The zero-order valence-electron chi connectivity index (χ0n) is 11.3. The van der Waals surface area contributed by atoms with Crippen molar-refractivity contribution in [2.75, 3.05) is 29.5 Å². The van der Waals surface area contributed by atoms with Crippen molar-refractivity contribution in [3.05, 3.63) is 28.7 Å². The van der Waals surface area contributed by atoms with Crippen LogP contribution in [-0.4, -0.2) is 24.6 Å². The first-order valence-corrected chi connectivity index (χ1v) is 7.48. The molecule has 1 aromatic carbocycles. The highest BCUT2D eigenvalue weighted by molar-refractivity contribution is 7.99. The van der Waals surface area contributed by atoms with Crippen LogP contribution < -0.4 is 4.90 Å². The van der Waals surface area contributed by atoms with E-state index in [1.807, 2.05) is 23.9 Å². The highest BCUT2D eigenvalue weighted by Crippen LogP contribution is 2.35. The van der Waals surface area contributed by atoms with Gasteiger partial charge in [-0.25, -0.2) is 0 Å². The van der Waals surface area contributed by atoms with Crippen molar-refractivity contribution in [1.29, 1.82) is 0 Å². The van der Waals surface area contributed by atoms with Crippen LogP contribution >= 0.6 is 11.8 Å². The summed E-state index contributed by atoms with van der Waals surface area (Å²) < 4.78 is 0. The van der Waals surface area contributed by atoms with Crippen molar-refractivity contribution in [2.45, 2.75) is 26.2 Å². The molecule has 2 rings (SSSR count). The summed E-state index contributed by atoms with van der Waals surface area (Å²) in [5.41, 5.74) is 2.77. The molecule has 0 amide bonds. The Morgan fingerprint density at radius 3 is 2.44 bits per heavy atom. The third-order valence-electron chi connectivity index (χ3n) is 3.26. The van der Waals surface area contributed by atoms with Crippen LogP contribution in [-0.2, 0) is 5.41 Å². The van der Waals surface area contributed by atoms with Gasteiger partial charge in [0.05, 0.1) is 0 Å². The smallest absolute Gasteiger partial charge is 0.111 e. The zero-order chi connectivity index (χ0) is 13.2. The Morgan fingerprint density at radius 1 is 1.22 bits per heavy atom. The Labute approximate surface area is 113 Å². The van der Waals surface area contributed by atoms with Gasteiger partial charge in [0.15, 0.2) is 0 Å². The van der Waals surface area contributed by atoms with Gasteiger partial charge in [0.1, 0.15) is 5.69 Å². The Balaban J connectivity index is 2.36. The lowest BCUT2D eigenvalue weighted by atomic mass is 9.85. The molecule has 98 valence electrons. The Bertz CT molecular complexity index is 434. The van der Waals surface area contributed by atoms with Crippen LogP contribution in [0, 0.1) is 4.91 Å². The maximum Gasteiger partial charge on any atom is 0.111 e. The molecule has 0 atom stereocenters. The van der Waals surface area contributed by atoms with Crippen LogP contribution in [0.4, 0.5) is 11.4 Å². The molecule has 1 aliphatic heterocycles. The minimum Gasteiger partial charge on any atom is -0.370 e. The zero-order valence-corrected chi connectivity index (χ0v) is 12.1. The van der Waals surface area contributed by atoms with Gasteiger partial charge in [0, 0.05) is 30.3 Å². The molecule has 18 heavy (non-hydrogen) atoms. The minimum atomic E-state index is -0.0518. The molecule has 0 unspecified atom stereocenters. The second-order valence-corrected chi connectivity index (χ2v) is 6.87. The first-order chi connectivity index (χ1) is 8.52. The third kappa shape index (κ3) is 2.86. The van der Waals surface area contributed by atoms with Crippen LogP contribution in [0.3, 0.4) is 0 Å². The topological polar surface area (TPSA) is 32.7 Å². The van der Waals surface area contributed by atoms with Gasteiger partial charge in [-0.1, -0.05) is 20.8 Å². The predicted octanol–water partition coefficient (Wildman–Crippen LogP) is 3.94. The van der Waals surface area contributed by atoms with E-state index < -0.39 is 0 Å². The lowest BCUT2D eigenvalue weighted by Crippen LogP contribution is -2.32. The van der Waals surface area contributed by atoms with Gasteiger partial charge >= 0.3 is 0 Å². The van der Waals surface area contributed by atoms with Gasteiger partial charge in [-0.2, -0.15) is 11.8 Å². The third-order valence-corrected chi connectivity index (χ3v) is 4.21. The van der Waals surface area contributed by atoms with Crippen molar-refractivity contribution < 1.29 is 0 Å². The largest absolute Gasteiger partial charge is 0.370 e. The number of nitroso groups, excluding NO2 is 1. The molecule has 0 saturated carbocycles. The first-order valence-electron chi connectivity index (χ1n) is 6.33. The van der Waals surface area contributed by atoms with Crippen molar-refractivity contribution in [2.24, 2.45) is 5.18 Å². The average Bonchev–Trinajstić information content (AvgIpc) is 2.38. The summed E-state index contributed by atoms with van der Waals surface area (Å²) in [6.45, 7) is 8.52. The van der Waals surface area contributed by atoms with Gasteiger partial charge in [-0.15, -0.1) is 4.91 Å². The van der Waals surface area contributed by atoms with E-state index >= 15 is 0 Å². The quantitative estimate of drug-likeness (QED) is 0.759. The fourth-order valence-electron chi connectivity index (χ4n) is 2.22. The Morgan fingerprint density at radius 2 is 1.89 bits per heavy atom. The number of benzene rings is 1. The number of thioether (sulfide) groups is 1. The molecule has 0 N–H and O–H groups in total. The standard InChI is InChI=1S/C14H20N2OS/c1-14(2,3)12-10-11(4-5-13(12)15-17)16-6-8-18-9-7-16/h4-5,10H,6-9H2,1-3H3. The molecule has 1 heterocycles. The molecule has 1 aromatic rings. The summed E-state index contributed by atoms with van der Waals surface area (Å²) in [6.07, 6.45) is 0. The minimum absolute atomic E-state index is 0.0518. The van der Waals surface area contributed by atoms with Crippen LogP contribution in [0.1, 0.15) is 26.3 Å². The lowest BCUT2D eigenvalue weighted by Gasteiger charge is -2.30. The Kier molecular flexibility index (Phi) is 3.95. The second kappa shape index (κ2) is 5.31. The van der Waals surface area contributed by atoms with Crippen molar-refractivity contribution in [3.8, 4) is 0 Å². The van der Waals surface area contributed by atoms with Gasteiger partial charge in [-0.05, 0) is 34.4 Å². The highest BCUT2D eigenvalue weighted by Gasteiger charge is 2.21. The van der Waals surface area contributed by atoms with Crippen molar-refractivity contribution in [1.82, 2.24) is 0 Å².